The van der Waals surface area contributed by atoms with Gasteiger partial charge in [-0.2, -0.15) is 0 Å². The number of hydrogen-bond donors (Lipinski definition) is 1. The summed E-state index contributed by atoms with van der Waals surface area (Å²) in [6, 6.07) is 5.61. The Labute approximate surface area is 134 Å². The van der Waals surface area contributed by atoms with E-state index in [4.69, 9.17) is 4.74 Å². The number of nitrogens with zero attached hydrogens (tertiary/aromatic N) is 3. The molecule has 1 aliphatic heterocycles. The van der Waals surface area contributed by atoms with Crippen molar-refractivity contribution in [2.75, 3.05) is 33.9 Å². The summed E-state index contributed by atoms with van der Waals surface area (Å²) in [5.74, 6) is -0.458. The summed E-state index contributed by atoms with van der Waals surface area (Å²) in [6.45, 7) is 1.34. The van der Waals surface area contributed by atoms with Crippen molar-refractivity contribution in [2.24, 2.45) is 11.8 Å². The van der Waals surface area contributed by atoms with Gasteiger partial charge in [-0.1, -0.05) is 6.07 Å². The molecule has 2 aromatic rings. The molecule has 0 bridgehead atoms. The van der Waals surface area contributed by atoms with E-state index in [1.54, 1.807) is 25.3 Å². The van der Waals surface area contributed by atoms with Crippen molar-refractivity contribution in [3.05, 3.63) is 36.3 Å². The molecule has 0 aliphatic carbocycles. The van der Waals surface area contributed by atoms with Crippen molar-refractivity contribution in [2.45, 2.75) is 0 Å². The van der Waals surface area contributed by atoms with Gasteiger partial charge in [-0.3, -0.25) is 9.59 Å². The van der Waals surface area contributed by atoms with Crippen molar-refractivity contribution in [3.8, 4) is 0 Å². The zero-order chi connectivity index (χ0) is 16.4. The SMILES string of the molecule is CNC(=O)[C@@H]1CN(C(=O)c2cn3ccccc3n2)C[C@H]1COC. The van der Waals surface area contributed by atoms with Crippen LogP contribution >= 0.6 is 0 Å². The minimum absolute atomic E-state index is 0.000862. The smallest absolute Gasteiger partial charge is 0.274 e. The predicted octanol–water partition coefficient (Wildman–Crippen LogP) is 0.415. The molecule has 1 saturated heterocycles. The van der Waals surface area contributed by atoms with Gasteiger partial charge < -0.3 is 19.4 Å². The Morgan fingerprint density at radius 3 is 2.91 bits per heavy atom. The molecule has 23 heavy (non-hydrogen) atoms. The number of nitrogens with one attached hydrogen (secondary N) is 1. The highest BCUT2D eigenvalue weighted by Crippen LogP contribution is 2.25. The topological polar surface area (TPSA) is 75.9 Å². The van der Waals surface area contributed by atoms with Crippen LogP contribution in [0.5, 0.6) is 0 Å². The number of imidazole rings is 1. The van der Waals surface area contributed by atoms with E-state index in [0.717, 1.165) is 5.65 Å². The Kier molecular flexibility index (Phi) is 4.29. The van der Waals surface area contributed by atoms with Crippen molar-refractivity contribution >= 4 is 17.5 Å². The van der Waals surface area contributed by atoms with Gasteiger partial charge in [0, 0.05) is 45.6 Å². The normalized spacial score (nSPS) is 20.9. The van der Waals surface area contributed by atoms with Gasteiger partial charge in [-0.15, -0.1) is 0 Å². The molecule has 7 nitrogen and oxygen atoms in total. The van der Waals surface area contributed by atoms with Gasteiger partial charge in [-0.05, 0) is 12.1 Å². The fourth-order valence-electron chi connectivity index (χ4n) is 3.10. The Balaban J connectivity index is 1.80. The molecule has 2 aromatic heterocycles. The van der Waals surface area contributed by atoms with E-state index in [2.05, 4.69) is 10.3 Å². The van der Waals surface area contributed by atoms with Crippen LogP contribution in [0.25, 0.3) is 5.65 Å². The molecular weight excluding hydrogens is 296 g/mol. The predicted molar refractivity (Wildman–Crippen MR) is 84.0 cm³/mol. The second-order valence-corrected chi connectivity index (χ2v) is 5.74. The van der Waals surface area contributed by atoms with Crippen molar-refractivity contribution in [1.29, 1.82) is 0 Å². The maximum absolute atomic E-state index is 12.7. The maximum atomic E-state index is 12.7. The molecule has 7 heteroatoms. The number of carbonyl (C=O) groups excluding carboxylic acids is 2. The fraction of sp³-hybridized carbons (Fsp3) is 0.438. The van der Waals surface area contributed by atoms with Gasteiger partial charge in [0.2, 0.25) is 5.91 Å². The highest BCUT2D eigenvalue weighted by atomic mass is 16.5. The molecule has 0 saturated carbocycles. The Bertz CT molecular complexity index is 694. The highest BCUT2D eigenvalue weighted by Gasteiger charge is 2.39. The Hall–Kier alpha value is -2.41. The molecule has 122 valence electrons. The van der Waals surface area contributed by atoms with E-state index in [-0.39, 0.29) is 23.7 Å². The lowest BCUT2D eigenvalue weighted by Gasteiger charge is -2.14. The summed E-state index contributed by atoms with van der Waals surface area (Å²) in [4.78, 5) is 30.8. The molecule has 0 radical (unpaired) electrons. The van der Waals surface area contributed by atoms with Crippen LogP contribution < -0.4 is 5.32 Å². The summed E-state index contributed by atoms with van der Waals surface area (Å²) in [5, 5.41) is 2.66. The van der Waals surface area contributed by atoms with E-state index in [0.29, 0.717) is 25.4 Å². The summed E-state index contributed by atoms with van der Waals surface area (Å²) in [6.07, 6.45) is 3.57. The van der Waals surface area contributed by atoms with Crippen LogP contribution in [-0.2, 0) is 9.53 Å². The average molecular weight is 316 g/mol. The Morgan fingerprint density at radius 1 is 1.39 bits per heavy atom. The first-order chi connectivity index (χ1) is 11.1. The average Bonchev–Trinajstić information content (AvgIpc) is 3.17. The van der Waals surface area contributed by atoms with Crippen LogP contribution in [0, 0.1) is 11.8 Å². The zero-order valence-electron chi connectivity index (χ0n) is 13.2. The van der Waals surface area contributed by atoms with Gasteiger partial charge >= 0.3 is 0 Å². The van der Waals surface area contributed by atoms with Crippen LogP contribution in [-0.4, -0.2) is 60.0 Å². The lowest BCUT2D eigenvalue weighted by molar-refractivity contribution is -0.125. The van der Waals surface area contributed by atoms with Gasteiger partial charge in [0.1, 0.15) is 11.3 Å². The van der Waals surface area contributed by atoms with Crippen molar-refractivity contribution in [1.82, 2.24) is 19.6 Å². The molecule has 0 unspecified atom stereocenters. The number of hydrogen-bond acceptors (Lipinski definition) is 4. The number of rotatable bonds is 4. The number of amides is 2. The standard InChI is InChI=1S/C16H20N4O3/c1-17-15(21)12-8-20(7-11(12)10-23-2)16(22)13-9-19-6-4-3-5-14(19)18-13/h3-6,9,11-12H,7-8,10H2,1-2H3,(H,17,21)/t11-,12+/m0/s1. The number of carbonyl (C=O) groups is 2. The summed E-state index contributed by atoms with van der Waals surface area (Å²) in [7, 11) is 3.21. The third-order valence-electron chi connectivity index (χ3n) is 4.28. The minimum atomic E-state index is -0.249. The van der Waals surface area contributed by atoms with Crippen LogP contribution in [0.2, 0.25) is 0 Å². The molecule has 1 aliphatic rings. The van der Waals surface area contributed by atoms with Crippen LogP contribution in [0.3, 0.4) is 0 Å². The molecule has 3 heterocycles. The van der Waals surface area contributed by atoms with E-state index in [9.17, 15) is 9.59 Å². The van der Waals surface area contributed by atoms with Crippen molar-refractivity contribution < 1.29 is 14.3 Å². The second-order valence-electron chi connectivity index (χ2n) is 5.74. The lowest BCUT2D eigenvalue weighted by atomic mass is 9.96. The minimum Gasteiger partial charge on any atom is -0.384 e. The lowest BCUT2D eigenvalue weighted by Crippen LogP contribution is -2.34. The molecule has 1 N–H and O–H groups in total. The molecule has 1 fully saturated rings. The number of aromatic nitrogens is 2. The number of pyridine rings is 1. The monoisotopic (exact) mass is 316 g/mol. The van der Waals surface area contributed by atoms with Gasteiger partial charge in [-0.25, -0.2) is 4.98 Å². The summed E-state index contributed by atoms with van der Waals surface area (Å²) in [5.41, 5.74) is 1.12. The van der Waals surface area contributed by atoms with Crippen LogP contribution in [0.4, 0.5) is 0 Å². The third kappa shape index (κ3) is 2.92. The van der Waals surface area contributed by atoms with Crippen LogP contribution in [0.1, 0.15) is 10.5 Å². The maximum Gasteiger partial charge on any atom is 0.274 e. The van der Waals surface area contributed by atoms with Crippen LogP contribution in [0.15, 0.2) is 30.6 Å². The summed E-state index contributed by atoms with van der Waals surface area (Å²) < 4.78 is 7.01. The van der Waals surface area contributed by atoms with Gasteiger partial charge in [0.15, 0.2) is 0 Å². The van der Waals surface area contributed by atoms with E-state index < -0.39 is 0 Å². The molecular formula is C16H20N4O3. The van der Waals surface area contributed by atoms with Gasteiger partial charge in [0.25, 0.3) is 5.91 Å². The number of ether oxygens (including phenoxy) is 1. The second kappa shape index (κ2) is 6.37. The van der Waals surface area contributed by atoms with Gasteiger partial charge in [0.05, 0.1) is 12.5 Å². The first-order valence-corrected chi connectivity index (χ1v) is 7.57. The number of fused-ring (bicyclic) bond motifs is 1. The van der Waals surface area contributed by atoms with E-state index in [1.807, 2.05) is 28.8 Å². The first-order valence-electron chi connectivity index (χ1n) is 7.57. The molecule has 3 rings (SSSR count). The Morgan fingerprint density at radius 2 is 2.22 bits per heavy atom. The molecule has 2 amide bonds. The summed E-state index contributed by atoms with van der Waals surface area (Å²) >= 11 is 0. The number of likely N-dealkylation sites (tertiary alicyclic amines) is 1. The van der Waals surface area contributed by atoms with Crippen molar-refractivity contribution in [3.63, 3.8) is 0 Å². The zero-order valence-corrected chi connectivity index (χ0v) is 13.2. The van der Waals surface area contributed by atoms with E-state index in [1.165, 1.54) is 0 Å². The molecule has 0 aromatic carbocycles. The van der Waals surface area contributed by atoms with E-state index >= 15 is 0 Å². The highest BCUT2D eigenvalue weighted by molar-refractivity contribution is 5.94. The quantitative estimate of drug-likeness (QED) is 0.887. The fourth-order valence-corrected chi connectivity index (χ4v) is 3.10. The largest absolute Gasteiger partial charge is 0.384 e. The molecule has 0 spiro atoms. The molecule has 2 atom stereocenters. The number of methoxy groups -OCH3 is 1. The first kappa shape index (κ1) is 15.5. The third-order valence-corrected chi connectivity index (χ3v) is 4.28.